The number of hydrogen-bond donors (Lipinski definition) is 1. The molecule has 1 heterocycles. The van der Waals surface area contributed by atoms with Gasteiger partial charge < -0.3 is 14.6 Å². The number of amides is 1. The number of nitrogens with one attached hydrogen (secondary N) is 1. The summed E-state index contributed by atoms with van der Waals surface area (Å²) in [6.45, 7) is 3.61. The number of carbonyl (C=O) groups excluding carboxylic acids is 1. The molecule has 0 saturated carbocycles. The van der Waals surface area contributed by atoms with Crippen LogP contribution in [-0.4, -0.2) is 22.1 Å². The number of benzene rings is 3. The first-order chi connectivity index (χ1) is 15.5. The van der Waals surface area contributed by atoms with Crippen LogP contribution in [0.3, 0.4) is 0 Å². The van der Waals surface area contributed by atoms with Crippen molar-refractivity contribution >= 4 is 44.5 Å². The predicted octanol–water partition coefficient (Wildman–Crippen LogP) is 6.16. The van der Waals surface area contributed by atoms with Crippen LogP contribution >= 0.6 is 27.5 Å². The van der Waals surface area contributed by atoms with Gasteiger partial charge in [0.2, 0.25) is 0 Å². The summed E-state index contributed by atoms with van der Waals surface area (Å²) in [5, 5.41) is 3.72. The van der Waals surface area contributed by atoms with Crippen LogP contribution in [0.25, 0.3) is 11.0 Å². The average molecular weight is 513 g/mol. The number of carbonyl (C=O) groups is 1. The van der Waals surface area contributed by atoms with Crippen molar-refractivity contribution in [3.8, 4) is 5.75 Å². The van der Waals surface area contributed by atoms with E-state index in [0.29, 0.717) is 18.7 Å². The van der Waals surface area contributed by atoms with Crippen molar-refractivity contribution < 1.29 is 9.53 Å². The first-order valence-corrected chi connectivity index (χ1v) is 11.6. The molecule has 0 unspecified atom stereocenters. The molecule has 0 fully saturated rings. The van der Waals surface area contributed by atoms with Crippen LogP contribution in [0.5, 0.6) is 5.75 Å². The number of aryl methyl sites for hydroxylation is 2. The van der Waals surface area contributed by atoms with E-state index in [1.165, 1.54) is 0 Å². The Kier molecular flexibility index (Phi) is 7.12. The lowest BCUT2D eigenvalue weighted by Crippen LogP contribution is -2.25. The zero-order valence-corrected chi connectivity index (χ0v) is 20.0. The lowest BCUT2D eigenvalue weighted by molar-refractivity contribution is 0.0949. The molecule has 7 heteroatoms. The van der Waals surface area contributed by atoms with Gasteiger partial charge in [0.15, 0.2) is 0 Å². The number of para-hydroxylation sites is 2. The minimum atomic E-state index is -0.127. The minimum absolute atomic E-state index is 0.127. The first-order valence-electron chi connectivity index (χ1n) is 10.4. The molecule has 164 valence electrons. The molecule has 5 nitrogen and oxygen atoms in total. The lowest BCUT2D eigenvalue weighted by Gasteiger charge is -2.12. The molecule has 1 amide bonds. The quantitative estimate of drug-likeness (QED) is 0.288. The fourth-order valence-corrected chi connectivity index (χ4v) is 3.87. The molecular formula is C25H23BrClN3O2. The molecule has 4 rings (SSSR count). The molecule has 0 aliphatic carbocycles. The van der Waals surface area contributed by atoms with Crippen LogP contribution < -0.4 is 10.1 Å². The van der Waals surface area contributed by atoms with Gasteiger partial charge in [-0.2, -0.15) is 0 Å². The van der Waals surface area contributed by atoms with E-state index in [9.17, 15) is 4.79 Å². The Bertz CT molecular complexity index is 1240. The van der Waals surface area contributed by atoms with Crippen LogP contribution in [0.1, 0.15) is 28.2 Å². The standard InChI is InChI=1S/C25H23BrClN3O2/c1-17-15-20(11-12-21(17)27)32-14-4-13-30-23-6-3-2-5-22(23)29-24(30)16-28-25(31)18-7-9-19(26)10-8-18/h2-3,5-12,15H,4,13-14,16H2,1H3,(H,28,31). The van der Waals surface area contributed by atoms with Crippen LogP contribution in [-0.2, 0) is 13.1 Å². The maximum absolute atomic E-state index is 12.5. The van der Waals surface area contributed by atoms with Crippen molar-refractivity contribution in [1.29, 1.82) is 0 Å². The normalized spacial score (nSPS) is 11.0. The minimum Gasteiger partial charge on any atom is -0.494 e. The summed E-state index contributed by atoms with van der Waals surface area (Å²) in [6.07, 6.45) is 0.801. The summed E-state index contributed by atoms with van der Waals surface area (Å²) in [6, 6.07) is 21.0. The number of aromatic nitrogens is 2. The van der Waals surface area contributed by atoms with Gasteiger partial charge >= 0.3 is 0 Å². The van der Waals surface area contributed by atoms with Gasteiger partial charge in [-0.1, -0.05) is 39.7 Å². The molecule has 1 N–H and O–H groups in total. The van der Waals surface area contributed by atoms with E-state index in [4.69, 9.17) is 21.3 Å². The molecule has 0 radical (unpaired) electrons. The van der Waals surface area contributed by atoms with Crippen molar-refractivity contribution in [3.63, 3.8) is 0 Å². The van der Waals surface area contributed by atoms with Gasteiger partial charge in [0.1, 0.15) is 11.6 Å². The third kappa shape index (κ3) is 5.31. The maximum Gasteiger partial charge on any atom is 0.251 e. The van der Waals surface area contributed by atoms with Crippen molar-refractivity contribution in [2.75, 3.05) is 6.61 Å². The number of rotatable bonds is 8. The summed E-state index contributed by atoms with van der Waals surface area (Å²) in [4.78, 5) is 17.3. The third-order valence-corrected chi connectivity index (χ3v) is 6.12. The number of imidazole rings is 1. The molecule has 0 spiro atoms. The molecule has 1 aromatic heterocycles. The van der Waals surface area contributed by atoms with Gasteiger partial charge in [-0.15, -0.1) is 0 Å². The van der Waals surface area contributed by atoms with Gasteiger partial charge in [0.25, 0.3) is 5.91 Å². The van der Waals surface area contributed by atoms with E-state index in [0.717, 1.165) is 50.6 Å². The third-order valence-electron chi connectivity index (χ3n) is 5.17. The first kappa shape index (κ1) is 22.4. The summed E-state index contributed by atoms with van der Waals surface area (Å²) in [5.41, 5.74) is 3.56. The zero-order chi connectivity index (χ0) is 22.5. The van der Waals surface area contributed by atoms with Crippen LogP contribution in [0.15, 0.2) is 71.2 Å². The molecule has 0 atom stereocenters. The average Bonchev–Trinajstić information content (AvgIpc) is 3.15. The monoisotopic (exact) mass is 511 g/mol. The molecule has 4 aromatic rings. The van der Waals surface area contributed by atoms with Gasteiger partial charge in [-0.05, 0) is 73.5 Å². The highest BCUT2D eigenvalue weighted by Gasteiger charge is 2.12. The second-order valence-electron chi connectivity index (χ2n) is 7.47. The van der Waals surface area contributed by atoms with Crippen molar-refractivity contribution in [1.82, 2.24) is 14.9 Å². The van der Waals surface area contributed by atoms with E-state index >= 15 is 0 Å². The molecular weight excluding hydrogens is 490 g/mol. The molecule has 0 aliphatic rings. The van der Waals surface area contributed by atoms with Crippen molar-refractivity contribution in [2.45, 2.75) is 26.4 Å². The van der Waals surface area contributed by atoms with Crippen molar-refractivity contribution in [3.05, 3.63) is 93.2 Å². The van der Waals surface area contributed by atoms with E-state index in [2.05, 4.69) is 25.8 Å². The number of nitrogens with zero attached hydrogens (tertiary/aromatic N) is 2. The van der Waals surface area contributed by atoms with Gasteiger partial charge in [0, 0.05) is 21.6 Å². The Hall–Kier alpha value is -2.83. The molecule has 0 bridgehead atoms. The topological polar surface area (TPSA) is 56.1 Å². The van der Waals surface area contributed by atoms with E-state index in [1.54, 1.807) is 12.1 Å². The Morgan fingerprint density at radius 1 is 1.12 bits per heavy atom. The van der Waals surface area contributed by atoms with E-state index in [1.807, 2.05) is 61.5 Å². The van der Waals surface area contributed by atoms with Gasteiger partial charge in [0.05, 0.1) is 24.2 Å². The summed E-state index contributed by atoms with van der Waals surface area (Å²) in [7, 11) is 0. The SMILES string of the molecule is Cc1cc(OCCCn2c(CNC(=O)c3ccc(Br)cc3)nc3ccccc32)ccc1Cl. The number of ether oxygens (including phenoxy) is 1. The summed E-state index contributed by atoms with van der Waals surface area (Å²) < 4.78 is 8.98. The molecule has 0 aliphatic heterocycles. The Morgan fingerprint density at radius 3 is 2.69 bits per heavy atom. The number of fused-ring (bicyclic) bond motifs is 1. The highest BCUT2D eigenvalue weighted by Crippen LogP contribution is 2.22. The van der Waals surface area contributed by atoms with Crippen LogP contribution in [0.4, 0.5) is 0 Å². The van der Waals surface area contributed by atoms with Gasteiger partial charge in [-0.3, -0.25) is 4.79 Å². The Morgan fingerprint density at radius 2 is 1.91 bits per heavy atom. The molecule has 32 heavy (non-hydrogen) atoms. The van der Waals surface area contributed by atoms with Crippen LogP contribution in [0, 0.1) is 6.92 Å². The molecule has 3 aromatic carbocycles. The Balaban J connectivity index is 1.42. The van der Waals surface area contributed by atoms with Crippen molar-refractivity contribution in [2.24, 2.45) is 0 Å². The smallest absolute Gasteiger partial charge is 0.251 e. The zero-order valence-electron chi connectivity index (χ0n) is 17.6. The fourth-order valence-electron chi connectivity index (χ4n) is 3.49. The van der Waals surface area contributed by atoms with E-state index < -0.39 is 0 Å². The Labute approximate surface area is 200 Å². The highest BCUT2D eigenvalue weighted by atomic mass is 79.9. The number of hydrogen-bond acceptors (Lipinski definition) is 3. The lowest BCUT2D eigenvalue weighted by atomic mass is 10.2. The summed E-state index contributed by atoms with van der Waals surface area (Å²) >= 11 is 9.47. The van der Waals surface area contributed by atoms with Gasteiger partial charge in [-0.25, -0.2) is 4.98 Å². The second-order valence-corrected chi connectivity index (χ2v) is 8.79. The fraction of sp³-hybridized carbons (Fsp3) is 0.200. The largest absolute Gasteiger partial charge is 0.494 e. The molecule has 0 saturated heterocycles. The highest BCUT2D eigenvalue weighted by molar-refractivity contribution is 9.10. The predicted molar refractivity (Wildman–Crippen MR) is 131 cm³/mol. The number of halogens is 2. The maximum atomic E-state index is 12.5. The van der Waals surface area contributed by atoms with Crippen LogP contribution in [0.2, 0.25) is 5.02 Å². The van der Waals surface area contributed by atoms with E-state index in [-0.39, 0.29) is 5.91 Å². The summed E-state index contributed by atoms with van der Waals surface area (Å²) in [5.74, 6) is 1.50. The second kappa shape index (κ2) is 10.2.